The third kappa shape index (κ3) is 5.71. The minimum atomic E-state index is -0.0323. The van der Waals surface area contributed by atoms with Gasteiger partial charge in [-0.3, -0.25) is 9.78 Å². The number of rotatable bonds is 8. The molecule has 6 nitrogen and oxygen atoms in total. The predicted molar refractivity (Wildman–Crippen MR) is 115 cm³/mol. The van der Waals surface area contributed by atoms with Crippen molar-refractivity contribution in [1.29, 1.82) is 0 Å². The molecule has 4 rings (SSSR count). The molecule has 2 aromatic carbocycles. The SMILES string of the molecule is O=C(Cc1ccc(Oc2nc(Cc3ccccc3)ns2)cc1)NCc1ccncc1. The molecule has 0 aliphatic heterocycles. The van der Waals surface area contributed by atoms with Crippen LogP contribution in [0.15, 0.2) is 79.1 Å². The van der Waals surface area contributed by atoms with Gasteiger partial charge in [-0.25, -0.2) is 0 Å². The Balaban J connectivity index is 1.28. The summed E-state index contributed by atoms with van der Waals surface area (Å²) < 4.78 is 10.2. The van der Waals surface area contributed by atoms with Crippen LogP contribution in [0.5, 0.6) is 10.9 Å². The van der Waals surface area contributed by atoms with E-state index >= 15 is 0 Å². The van der Waals surface area contributed by atoms with Crippen molar-refractivity contribution in [3.05, 3.63) is 102 Å². The minimum Gasteiger partial charge on any atom is -0.430 e. The molecule has 30 heavy (non-hydrogen) atoms. The number of carbonyl (C=O) groups is 1. The van der Waals surface area contributed by atoms with Gasteiger partial charge in [-0.1, -0.05) is 42.5 Å². The normalized spacial score (nSPS) is 10.5. The van der Waals surface area contributed by atoms with E-state index in [1.54, 1.807) is 12.4 Å². The second kappa shape index (κ2) is 9.76. The van der Waals surface area contributed by atoms with Gasteiger partial charge >= 0.3 is 0 Å². The van der Waals surface area contributed by atoms with Gasteiger partial charge in [0.05, 0.1) is 6.42 Å². The molecule has 1 amide bonds. The third-order valence-corrected chi connectivity index (χ3v) is 5.02. The maximum Gasteiger partial charge on any atom is 0.298 e. The molecule has 0 saturated heterocycles. The van der Waals surface area contributed by atoms with Crippen molar-refractivity contribution >= 4 is 17.4 Å². The van der Waals surface area contributed by atoms with Crippen LogP contribution in [0.1, 0.15) is 22.5 Å². The van der Waals surface area contributed by atoms with Crippen LogP contribution in [0.4, 0.5) is 0 Å². The van der Waals surface area contributed by atoms with Gasteiger partial charge in [0.25, 0.3) is 5.19 Å². The Bertz CT molecular complexity index is 1080. The Hall–Kier alpha value is -3.58. The van der Waals surface area contributed by atoms with E-state index in [4.69, 9.17) is 4.74 Å². The van der Waals surface area contributed by atoms with Crippen LogP contribution in [0.25, 0.3) is 0 Å². The monoisotopic (exact) mass is 416 g/mol. The number of ether oxygens (including phenoxy) is 1. The Morgan fingerprint density at radius 3 is 2.43 bits per heavy atom. The average Bonchev–Trinajstić information content (AvgIpc) is 3.22. The van der Waals surface area contributed by atoms with E-state index in [0.29, 0.717) is 30.3 Å². The molecule has 150 valence electrons. The Morgan fingerprint density at radius 1 is 0.900 bits per heavy atom. The van der Waals surface area contributed by atoms with Crippen LogP contribution < -0.4 is 10.1 Å². The summed E-state index contributed by atoms with van der Waals surface area (Å²) in [5, 5.41) is 3.41. The zero-order chi connectivity index (χ0) is 20.6. The van der Waals surface area contributed by atoms with Gasteiger partial charge in [0.1, 0.15) is 5.75 Å². The van der Waals surface area contributed by atoms with E-state index in [-0.39, 0.29) is 5.91 Å². The highest BCUT2D eigenvalue weighted by atomic mass is 32.1. The third-order valence-electron chi connectivity index (χ3n) is 4.39. The van der Waals surface area contributed by atoms with Gasteiger partial charge in [-0.2, -0.15) is 9.36 Å². The van der Waals surface area contributed by atoms with Crippen LogP contribution >= 0.6 is 11.5 Å². The summed E-state index contributed by atoms with van der Waals surface area (Å²) in [6, 6.07) is 21.3. The number of benzene rings is 2. The molecule has 0 fully saturated rings. The maximum absolute atomic E-state index is 12.1. The molecule has 0 atom stereocenters. The molecule has 0 aliphatic carbocycles. The van der Waals surface area contributed by atoms with Crippen LogP contribution in [0.3, 0.4) is 0 Å². The standard InChI is InChI=1S/C23H20N4O2S/c28-22(25-16-19-10-12-24-13-11-19)15-18-6-8-20(9-7-18)29-23-26-21(27-30-23)14-17-4-2-1-3-5-17/h1-13H,14-16H2,(H,25,28). The highest BCUT2D eigenvalue weighted by Crippen LogP contribution is 2.24. The quantitative estimate of drug-likeness (QED) is 0.466. The molecule has 0 saturated carbocycles. The van der Waals surface area contributed by atoms with Crippen molar-refractivity contribution < 1.29 is 9.53 Å². The summed E-state index contributed by atoms with van der Waals surface area (Å²) in [6.07, 6.45) is 4.41. The second-order valence-electron chi connectivity index (χ2n) is 6.69. The Labute approximate surface area is 178 Å². The molecule has 4 aromatic rings. The summed E-state index contributed by atoms with van der Waals surface area (Å²) >= 11 is 1.23. The molecule has 2 heterocycles. The van der Waals surface area contributed by atoms with Crippen molar-refractivity contribution in [3.63, 3.8) is 0 Å². The van der Waals surface area contributed by atoms with E-state index in [1.165, 1.54) is 11.5 Å². The first-order valence-electron chi connectivity index (χ1n) is 9.53. The highest BCUT2D eigenvalue weighted by Gasteiger charge is 2.08. The van der Waals surface area contributed by atoms with Gasteiger partial charge in [-0.15, -0.1) is 0 Å². The summed E-state index contributed by atoms with van der Waals surface area (Å²) in [7, 11) is 0. The lowest BCUT2D eigenvalue weighted by Crippen LogP contribution is -2.24. The van der Waals surface area contributed by atoms with Gasteiger partial charge in [0, 0.05) is 36.9 Å². The number of amides is 1. The maximum atomic E-state index is 12.1. The van der Waals surface area contributed by atoms with E-state index in [9.17, 15) is 4.79 Å². The summed E-state index contributed by atoms with van der Waals surface area (Å²) in [5.74, 6) is 1.37. The average molecular weight is 417 g/mol. The lowest BCUT2D eigenvalue weighted by atomic mass is 10.1. The van der Waals surface area contributed by atoms with E-state index in [2.05, 4.69) is 19.7 Å². The predicted octanol–water partition coefficient (Wildman–Crippen LogP) is 4.18. The van der Waals surface area contributed by atoms with Crippen molar-refractivity contribution in [2.24, 2.45) is 0 Å². The molecule has 0 aliphatic rings. The van der Waals surface area contributed by atoms with Crippen LogP contribution in [0, 0.1) is 0 Å². The zero-order valence-corrected chi connectivity index (χ0v) is 17.0. The Morgan fingerprint density at radius 2 is 1.67 bits per heavy atom. The number of hydrogen-bond donors (Lipinski definition) is 1. The number of hydrogen-bond acceptors (Lipinski definition) is 6. The fourth-order valence-electron chi connectivity index (χ4n) is 2.85. The summed E-state index contributed by atoms with van der Waals surface area (Å²) in [4.78, 5) is 20.5. The first kappa shape index (κ1) is 19.7. The number of aromatic nitrogens is 3. The first-order chi connectivity index (χ1) is 14.7. The van der Waals surface area contributed by atoms with Gasteiger partial charge in [-0.05, 0) is 41.0 Å². The highest BCUT2D eigenvalue weighted by molar-refractivity contribution is 7.07. The van der Waals surface area contributed by atoms with E-state index in [0.717, 1.165) is 22.5 Å². The fraction of sp³-hybridized carbons (Fsp3) is 0.130. The summed E-state index contributed by atoms with van der Waals surface area (Å²) in [5.41, 5.74) is 3.09. The molecule has 2 aromatic heterocycles. The van der Waals surface area contributed by atoms with E-state index < -0.39 is 0 Å². The molecule has 0 radical (unpaired) electrons. The molecule has 0 spiro atoms. The van der Waals surface area contributed by atoms with Crippen molar-refractivity contribution in [2.75, 3.05) is 0 Å². The van der Waals surface area contributed by atoms with Gasteiger partial charge in [0.2, 0.25) is 5.91 Å². The minimum absolute atomic E-state index is 0.0323. The molecule has 0 unspecified atom stereocenters. The van der Waals surface area contributed by atoms with Crippen LogP contribution in [-0.4, -0.2) is 20.2 Å². The van der Waals surface area contributed by atoms with E-state index in [1.807, 2.05) is 66.7 Å². The van der Waals surface area contributed by atoms with Crippen molar-refractivity contribution in [3.8, 4) is 10.9 Å². The number of nitrogens with zero attached hydrogens (tertiary/aromatic N) is 3. The largest absolute Gasteiger partial charge is 0.430 e. The zero-order valence-electron chi connectivity index (χ0n) is 16.2. The van der Waals surface area contributed by atoms with Gasteiger partial charge in [0.15, 0.2) is 5.82 Å². The number of nitrogens with one attached hydrogen (secondary N) is 1. The number of pyridine rings is 1. The van der Waals surface area contributed by atoms with Crippen molar-refractivity contribution in [1.82, 2.24) is 19.7 Å². The van der Waals surface area contributed by atoms with Crippen LogP contribution in [-0.2, 0) is 24.2 Å². The van der Waals surface area contributed by atoms with Crippen molar-refractivity contribution in [2.45, 2.75) is 19.4 Å². The lowest BCUT2D eigenvalue weighted by Gasteiger charge is -2.06. The molecule has 1 N–H and O–H groups in total. The first-order valence-corrected chi connectivity index (χ1v) is 10.3. The molecule has 0 bridgehead atoms. The van der Waals surface area contributed by atoms with Gasteiger partial charge < -0.3 is 10.1 Å². The fourth-order valence-corrected chi connectivity index (χ4v) is 3.42. The number of carbonyl (C=O) groups excluding carboxylic acids is 1. The smallest absolute Gasteiger partial charge is 0.298 e. The molecular formula is C23H20N4O2S. The lowest BCUT2D eigenvalue weighted by molar-refractivity contribution is -0.120. The Kier molecular flexibility index (Phi) is 6.41. The molecular weight excluding hydrogens is 396 g/mol. The second-order valence-corrected chi connectivity index (χ2v) is 7.41. The molecule has 7 heteroatoms. The summed E-state index contributed by atoms with van der Waals surface area (Å²) in [6.45, 7) is 0.491. The van der Waals surface area contributed by atoms with Crippen LogP contribution in [0.2, 0.25) is 0 Å². The topological polar surface area (TPSA) is 77.0 Å².